The molecule has 0 unspecified atom stereocenters. The highest BCUT2D eigenvalue weighted by Gasteiger charge is 2.29. The summed E-state index contributed by atoms with van der Waals surface area (Å²) in [6, 6.07) is 16.3. The first-order chi connectivity index (χ1) is 25.5. The van der Waals surface area contributed by atoms with Crippen LogP contribution < -0.4 is 23.3 Å². The molecule has 0 bridgehead atoms. The number of benzene rings is 4. The summed E-state index contributed by atoms with van der Waals surface area (Å²) in [5.41, 5.74) is 1.85. The smallest absolute Gasteiger partial charge is 0.223 e. The fourth-order valence-corrected chi connectivity index (χ4v) is 7.04. The fraction of sp³-hybridized carbons (Fsp3) is 0.270. The molecule has 1 atom stereocenters. The molecule has 0 aliphatic carbocycles. The minimum atomic E-state index is -1.22. The van der Waals surface area contributed by atoms with Crippen molar-refractivity contribution in [2.45, 2.75) is 36.7 Å². The molecule has 0 spiro atoms. The van der Waals surface area contributed by atoms with Crippen molar-refractivity contribution in [3.05, 3.63) is 119 Å². The van der Waals surface area contributed by atoms with Crippen LogP contribution in [0.2, 0.25) is 0 Å². The molecule has 1 aliphatic heterocycles. The van der Waals surface area contributed by atoms with E-state index in [-0.39, 0.29) is 28.5 Å². The quantitative estimate of drug-likeness (QED) is 0.0703. The van der Waals surface area contributed by atoms with Crippen molar-refractivity contribution in [2.75, 3.05) is 39.3 Å². The van der Waals surface area contributed by atoms with Crippen LogP contribution in [0, 0.1) is 29.1 Å². The number of carbonyl (C=O) groups excluding carboxylic acids is 1. The van der Waals surface area contributed by atoms with E-state index < -0.39 is 35.0 Å². The Balaban J connectivity index is 0.000000206. The third kappa shape index (κ3) is 9.87. The Morgan fingerprint density at radius 1 is 0.792 bits per heavy atom. The molecule has 1 saturated heterocycles. The second-order valence-corrected chi connectivity index (χ2v) is 13.4. The predicted molar refractivity (Wildman–Crippen MR) is 191 cm³/mol. The van der Waals surface area contributed by atoms with Gasteiger partial charge in [0.05, 0.1) is 39.9 Å². The summed E-state index contributed by atoms with van der Waals surface area (Å²) in [7, 11) is 5.99. The maximum Gasteiger partial charge on any atom is 0.223 e. The zero-order valence-corrected chi connectivity index (χ0v) is 30.7. The Morgan fingerprint density at radius 2 is 1.49 bits per heavy atom. The van der Waals surface area contributed by atoms with Gasteiger partial charge in [-0.1, -0.05) is 12.1 Å². The average molecular weight is 775 g/mol. The molecule has 53 heavy (non-hydrogen) atoms. The minimum absolute atomic E-state index is 0.0661. The molecule has 16 heteroatoms. The van der Waals surface area contributed by atoms with Gasteiger partial charge in [-0.25, -0.2) is 26.9 Å². The highest BCUT2D eigenvalue weighted by Crippen LogP contribution is 2.37. The second kappa shape index (κ2) is 18.1. The first-order valence-corrected chi connectivity index (χ1v) is 17.6. The number of hydrogen-bond acceptors (Lipinski definition) is 10. The van der Waals surface area contributed by atoms with Crippen LogP contribution in [-0.4, -0.2) is 55.1 Å². The number of likely N-dealkylation sites (tertiary alicyclic amines) is 1. The van der Waals surface area contributed by atoms with Crippen LogP contribution in [0.3, 0.4) is 0 Å². The molecule has 2 heterocycles. The highest BCUT2D eigenvalue weighted by molar-refractivity contribution is 8.00. The highest BCUT2D eigenvalue weighted by atomic mass is 32.2. The van der Waals surface area contributed by atoms with Crippen molar-refractivity contribution in [2.24, 2.45) is 0 Å². The van der Waals surface area contributed by atoms with Crippen molar-refractivity contribution >= 4 is 34.5 Å². The van der Waals surface area contributed by atoms with Gasteiger partial charge in [-0.15, -0.1) is 0 Å². The van der Waals surface area contributed by atoms with E-state index in [4.69, 9.17) is 18.9 Å². The van der Waals surface area contributed by atoms with Gasteiger partial charge in [0.2, 0.25) is 11.0 Å². The summed E-state index contributed by atoms with van der Waals surface area (Å²) in [6.45, 7) is 1.21. The summed E-state index contributed by atoms with van der Waals surface area (Å²) in [6.07, 6.45) is 1.99. The van der Waals surface area contributed by atoms with Crippen LogP contribution in [0.5, 0.6) is 23.0 Å². The molecule has 1 amide bonds. The van der Waals surface area contributed by atoms with Gasteiger partial charge in [0.1, 0.15) is 35.2 Å². The monoisotopic (exact) mass is 774 g/mol. The number of anilines is 1. The summed E-state index contributed by atoms with van der Waals surface area (Å²) < 4.78 is 95.1. The van der Waals surface area contributed by atoms with Crippen LogP contribution in [0.4, 0.5) is 27.1 Å². The number of piperidine rings is 1. The molecule has 0 N–H and O–H groups in total. The zero-order chi connectivity index (χ0) is 38.1. The molecule has 0 saturated carbocycles. The lowest BCUT2D eigenvalue weighted by Gasteiger charge is -2.32. The third-order valence-electron chi connectivity index (χ3n) is 8.32. The van der Waals surface area contributed by atoms with Gasteiger partial charge >= 0.3 is 0 Å². The molecule has 1 aromatic heterocycles. The lowest BCUT2D eigenvalue weighted by Crippen LogP contribution is -2.37. The number of amides is 1. The standard InChI is InChI=1S/C19H18F3NO2.C18H17F2N3O3S2/c1-25-14-4-2-12(3-5-14)11-23-7-6-13(8-19(23)24)15-9-17(21)18(22)10-16(15)20;1-24-12-5-4-11(15(6-12)25-2)9-23(18-21-10-22-27-18)28-17-8-13(19)16(26-3)7-14(17)20/h2-5,9-10,13H,6-8,11H2,1H3;4-8,10H,9H2,1-3H3/t13-;/m0./s1. The SMILES string of the molecule is COc1ccc(CN(Sc2cc(F)c(OC)cc2F)c2ncns2)c(OC)c1.COc1ccc(CN2CC[C@H](c3cc(F)c(F)cc3F)CC2=O)cc1. The van der Waals surface area contributed by atoms with E-state index in [1.807, 2.05) is 30.3 Å². The second-order valence-electron chi connectivity index (χ2n) is 11.6. The molecular weight excluding hydrogens is 740 g/mol. The third-order valence-corrected chi connectivity index (χ3v) is 10.2. The molecular formula is C37H35F5N4O5S2. The Bertz CT molecular complexity index is 2010. The van der Waals surface area contributed by atoms with Crippen molar-refractivity contribution in [3.8, 4) is 23.0 Å². The van der Waals surface area contributed by atoms with Crippen LogP contribution in [0.1, 0.15) is 35.4 Å². The molecule has 0 radical (unpaired) electrons. The molecule has 280 valence electrons. The van der Waals surface area contributed by atoms with E-state index in [0.29, 0.717) is 48.8 Å². The van der Waals surface area contributed by atoms with E-state index in [1.54, 1.807) is 42.7 Å². The Labute approximate surface area is 311 Å². The summed E-state index contributed by atoms with van der Waals surface area (Å²) in [4.78, 5) is 18.4. The van der Waals surface area contributed by atoms with Crippen LogP contribution in [0.15, 0.2) is 78.0 Å². The zero-order valence-electron chi connectivity index (χ0n) is 29.1. The Kier molecular flexibility index (Phi) is 13.4. The van der Waals surface area contributed by atoms with Crippen LogP contribution >= 0.6 is 23.5 Å². The molecule has 9 nitrogen and oxygen atoms in total. The van der Waals surface area contributed by atoms with E-state index in [2.05, 4.69) is 9.36 Å². The first kappa shape index (κ1) is 39.1. The maximum absolute atomic E-state index is 14.4. The summed E-state index contributed by atoms with van der Waals surface area (Å²) in [5, 5.41) is 0.540. The van der Waals surface area contributed by atoms with Gasteiger partial charge in [-0.2, -0.15) is 4.37 Å². The molecule has 1 fully saturated rings. The predicted octanol–water partition coefficient (Wildman–Crippen LogP) is 8.57. The largest absolute Gasteiger partial charge is 0.497 e. The van der Waals surface area contributed by atoms with Gasteiger partial charge in [0.25, 0.3) is 0 Å². The lowest BCUT2D eigenvalue weighted by molar-refractivity contribution is -0.134. The molecule has 5 aromatic rings. The molecule has 1 aliphatic rings. The summed E-state index contributed by atoms with van der Waals surface area (Å²) in [5.74, 6) is -3.08. The van der Waals surface area contributed by atoms with Gasteiger partial charge in [-0.3, -0.25) is 9.10 Å². The van der Waals surface area contributed by atoms with Gasteiger partial charge < -0.3 is 23.8 Å². The van der Waals surface area contributed by atoms with Crippen molar-refractivity contribution in [1.29, 1.82) is 0 Å². The number of ether oxygens (including phenoxy) is 4. The van der Waals surface area contributed by atoms with Gasteiger partial charge in [0.15, 0.2) is 23.2 Å². The number of halogens is 5. The topological polar surface area (TPSA) is 86.2 Å². The van der Waals surface area contributed by atoms with E-state index in [1.165, 1.54) is 13.4 Å². The maximum atomic E-state index is 14.4. The number of hydrogen-bond donors (Lipinski definition) is 0. The number of aromatic nitrogens is 2. The Hall–Kier alpha value is -5.09. The van der Waals surface area contributed by atoms with Crippen molar-refractivity contribution in [1.82, 2.24) is 14.3 Å². The molecule has 4 aromatic carbocycles. The first-order valence-electron chi connectivity index (χ1n) is 16.0. The van der Waals surface area contributed by atoms with Crippen molar-refractivity contribution < 1.29 is 45.7 Å². The van der Waals surface area contributed by atoms with Gasteiger partial charge in [-0.05, 0) is 71.8 Å². The van der Waals surface area contributed by atoms with Crippen molar-refractivity contribution in [3.63, 3.8) is 0 Å². The number of carbonyl (C=O) groups is 1. The minimum Gasteiger partial charge on any atom is -0.497 e. The average Bonchev–Trinajstić information content (AvgIpc) is 3.71. The Morgan fingerprint density at radius 3 is 2.13 bits per heavy atom. The van der Waals surface area contributed by atoms with Crippen LogP contribution in [0.25, 0.3) is 0 Å². The summed E-state index contributed by atoms with van der Waals surface area (Å²) >= 11 is 2.16. The number of rotatable bonds is 12. The van der Waals surface area contributed by atoms with Crippen LogP contribution in [-0.2, 0) is 17.9 Å². The van der Waals surface area contributed by atoms with E-state index >= 15 is 0 Å². The number of methoxy groups -OCH3 is 4. The van der Waals surface area contributed by atoms with Gasteiger partial charge in [0, 0.05) is 54.8 Å². The normalized spacial score (nSPS) is 13.9. The van der Waals surface area contributed by atoms with E-state index in [0.717, 1.165) is 58.6 Å². The molecule has 6 rings (SSSR count). The fourth-order valence-electron chi connectivity index (χ4n) is 5.52. The number of nitrogens with zero attached hydrogens (tertiary/aromatic N) is 4. The van der Waals surface area contributed by atoms with E-state index in [9.17, 15) is 26.7 Å². The lowest BCUT2D eigenvalue weighted by atomic mass is 9.88.